The molecule has 0 aromatic heterocycles. The van der Waals surface area contributed by atoms with Gasteiger partial charge in [0.05, 0.1) is 0 Å². The van der Waals surface area contributed by atoms with Gasteiger partial charge in [0.2, 0.25) is 0 Å². The minimum Gasteiger partial charge on any atom is -0.370 e. The molecule has 1 aliphatic heterocycles. The van der Waals surface area contributed by atoms with Gasteiger partial charge < -0.3 is 10.2 Å². The molecule has 1 N–H and O–H groups in total. The first kappa shape index (κ1) is 11.7. The lowest BCUT2D eigenvalue weighted by Crippen LogP contribution is -2.36. The van der Waals surface area contributed by atoms with E-state index >= 15 is 0 Å². The molecule has 1 heterocycles. The standard InChI is InChI=1S/C13H19ClN2/c1-10(2)15-12-7-8-16(9-12)13-5-3-11(14)4-6-13/h3-6,10,12,15H,7-9H2,1-2H3. The van der Waals surface area contributed by atoms with Crippen molar-refractivity contribution in [3.8, 4) is 0 Å². The molecule has 1 fully saturated rings. The van der Waals surface area contributed by atoms with E-state index in [9.17, 15) is 0 Å². The Labute approximate surface area is 103 Å². The van der Waals surface area contributed by atoms with Crippen LogP contribution < -0.4 is 10.2 Å². The number of halogens is 1. The lowest BCUT2D eigenvalue weighted by molar-refractivity contribution is 0.492. The van der Waals surface area contributed by atoms with Crippen LogP contribution in [0.3, 0.4) is 0 Å². The highest BCUT2D eigenvalue weighted by Crippen LogP contribution is 2.22. The molecular weight excluding hydrogens is 220 g/mol. The van der Waals surface area contributed by atoms with E-state index in [-0.39, 0.29) is 0 Å². The normalized spacial score (nSPS) is 20.8. The quantitative estimate of drug-likeness (QED) is 0.871. The number of nitrogens with one attached hydrogen (secondary N) is 1. The van der Waals surface area contributed by atoms with Crippen LogP contribution >= 0.6 is 11.6 Å². The topological polar surface area (TPSA) is 15.3 Å². The van der Waals surface area contributed by atoms with Gasteiger partial charge in [-0.15, -0.1) is 0 Å². The number of rotatable bonds is 3. The van der Waals surface area contributed by atoms with E-state index in [0.717, 1.165) is 18.1 Å². The Morgan fingerprint density at radius 3 is 2.62 bits per heavy atom. The molecule has 3 heteroatoms. The Bertz CT molecular complexity index is 334. The maximum absolute atomic E-state index is 5.89. The third-order valence-corrected chi connectivity index (χ3v) is 3.20. The molecule has 0 spiro atoms. The van der Waals surface area contributed by atoms with Crippen molar-refractivity contribution < 1.29 is 0 Å². The van der Waals surface area contributed by atoms with Gasteiger partial charge in [0, 0.05) is 35.9 Å². The van der Waals surface area contributed by atoms with E-state index in [1.807, 2.05) is 12.1 Å². The smallest absolute Gasteiger partial charge is 0.0407 e. The molecule has 16 heavy (non-hydrogen) atoms. The van der Waals surface area contributed by atoms with Crippen molar-refractivity contribution in [3.63, 3.8) is 0 Å². The van der Waals surface area contributed by atoms with Gasteiger partial charge in [-0.25, -0.2) is 0 Å². The molecule has 0 saturated carbocycles. The van der Waals surface area contributed by atoms with Crippen LogP contribution in [0.1, 0.15) is 20.3 Å². The van der Waals surface area contributed by atoms with Crippen molar-refractivity contribution in [2.24, 2.45) is 0 Å². The fraction of sp³-hybridized carbons (Fsp3) is 0.538. The largest absolute Gasteiger partial charge is 0.370 e. The summed E-state index contributed by atoms with van der Waals surface area (Å²) in [6, 6.07) is 9.30. The SMILES string of the molecule is CC(C)NC1CCN(c2ccc(Cl)cc2)C1. The van der Waals surface area contributed by atoms with Crippen LogP contribution in [0, 0.1) is 0 Å². The number of nitrogens with zero attached hydrogens (tertiary/aromatic N) is 1. The zero-order valence-corrected chi connectivity index (χ0v) is 10.7. The van der Waals surface area contributed by atoms with Crippen LogP contribution in [0.4, 0.5) is 5.69 Å². The molecule has 88 valence electrons. The van der Waals surface area contributed by atoms with Gasteiger partial charge in [-0.1, -0.05) is 25.4 Å². The number of anilines is 1. The molecule has 2 rings (SSSR count). The zero-order chi connectivity index (χ0) is 11.5. The molecule has 1 atom stereocenters. The van der Waals surface area contributed by atoms with Crippen molar-refractivity contribution in [2.45, 2.75) is 32.4 Å². The lowest BCUT2D eigenvalue weighted by Gasteiger charge is -2.20. The van der Waals surface area contributed by atoms with Crippen LogP contribution in [-0.2, 0) is 0 Å². The summed E-state index contributed by atoms with van der Waals surface area (Å²) in [4.78, 5) is 2.41. The van der Waals surface area contributed by atoms with Crippen molar-refractivity contribution in [2.75, 3.05) is 18.0 Å². The van der Waals surface area contributed by atoms with E-state index in [4.69, 9.17) is 11.6 Å². The number of benzene rings is 1. The van der Waals surface area contributed by atoms with E-state index in [1.54, 1.807) is 0 Å². The van der Waals surface area contributed by atoms with Gasteiger partial charge in [-0.2, -0.15) is 0 Å². The fourth-order valence-corrected chi connectivity index (χ4v) is 2.38. The molecule has 2 nitrogen and oxygen atoms in total. The van der Waals surface area contributed by atoms with Crippen molar-refractivity contribution >= 4 is 17.3 Å². The van der Waals surface area contributed by atoms with Gasteiger partial charge in [0.1, 0.15) is 0 Å². The second-order valence-electron chi connectivity index (χ2n) is 4.73. The Kier molecular flexibility index (Phi) is 3.72. The Hall–Kier alpha value is -0.730. The van der Waals surface area contributed by atoms with Gasteiger partial charge in [-0.05, 0) is 30.7 Å². The van der Waals surface area contributed by atoms with Crippen molar-refractivity contribution in [3.05, 3.63) is 29.3 Å². The number of hydrogen-bond acceptors (Lipinski definition) is 2. The van der Waals surface area contributed by atoms with Crippen LogP contribution in [-0.4, -0.2) is 25.2 Å². The molecule has 0 bridgehead atoms. The average Bonchev–Trinajstić information content (AvgIpc) is 2.66. The van der Waals surface area contributed by atoms with Crippen LogP contribution in [0.2, 0.25) is 5.02 Å². The minimum atomic E-state index is 0.565. The van der Waals surface area contributed by atoms with Gasteiger partial charge in [0.25, 0.3) is 0 Å². The molecule has 1 aliphatic rings. The minimum absolute atomic E-state index is 0.565. The van der Waals surface area contributed by atoms with Gasteiger partial charge in [0.15, 0.2) is 0 Å². The second-order valence-corrected chi connectivity index (χ2v) is 5.17. The predicted molar refractivity (Wildman–Crippen MR) is 70.3 cm³/mol. The molecule has 1 aromatic carbocycles. The van der Waals surface area contributed by atoms with E-state index < -0.39 is 0 Å². The first-order valence-corrected chi connectivity index (χ1v) is 6.29. The summed E-state index contributed by atoms with van der Waals surface area (Å²) in [7, 11) is 0. The first-order chi connectivity index (χ1) is 7.65. The molecule has 0 amide bonds. The molecule has 0 radical (unpaired) electrons. The fourth-order valence-electron chi connectivity index (χ4n) is 2.25. The predicted octanol–water partition coefficient (Wildman–Crippen LogP) is 2.92. The summed E-state index contributed by atoms with van der Waals surface area (Å²) in [6.07, 6.45) is 1.22. The maximum Gasteiger partial charge on any atom is 0.0407 e. The third kappa shape index (κ3) is 2.89. The van der Waals surface area contributed by atoms with Crippen LogP contribution in [0.5, 0.6) is 0 Å². The van der Waals surface area contributed by atoms with Gasteiger partial charge in [-0.3, -0.25) is 0 Å². The highest BCUT2D eigenvalue weighted by atomic mass is 35.5. The van der Waals surface area contributed by atoms with E-state index in [0.29, 0.717) is 12.1 Å². The molecular formula is C13H19ClN2. The van der Waals surface area contributed by atoms with E-state index in [1.165, 1.54) is 12.1 Å². The van der Waals surface area contributed by atoms with E-state index in [2.05, 4.69) is 36.2 Å². The Balaban J connectivity index is 1.95. The third-order valence-electron chi connectivity index (χ3n) is 2.95. The molecule has 0 aliphatic carbocycles. The monoisotopic (exact) mass is 238 g/mol. The summed E-state index contributed by atoms with van der Waals surface area (Å²) >= 11 is 5.89. The summed E-state index contributed by atoms with van der Waals surface area (Å²) in [5.74, 6) is 0. The molecule has 1 saturated heterocycles. The summed E-state index contributed by atoms with van der Waals surface area (Å²) < 4.78 is 0. The zero-order valence-electron chi connectivity index (χ0n) is 9.91. The van der Waals surface area contributed by atoms with Crippen LogP contribution in [0.15, 0.2) is 24.3 Å². The summed E-state index contributed by atoms with van der Waals surface area (Å²) in [6.45, 7) is 6.63. The Morgan fingerprint density at radius 1 is 1.31 bits per heavy atom. The highest BCUT2D eigenvalue weighted by molar-refractivity contribution is 6.30. The lowest BCUT2D eigenvalue weighted by atomic mass is 10.2. The number of hydrogen-bond donors (Lipinski definition) is 1. The van der Waals surface area contributed by atoms with Crippen molar-refractivity contribution in [1.29, 1.82) is 0 Å². The van der Waals surface area contributed by atoms with Crippen LogP contribution in [0.25, 0.3) is 0 Å². The van der Waals surface area contributed by atoms with Gasteiger partial charge >= 0.3 is 0 Å². The average molecular weight is 239 g/mol. The molecule has 1 unspecified atom stereocenters. The van der Waals surface area contributed by atoms with Crippen molar-refractivity contribution in [1.82, 2.24) is 5.32 Å². The second kappa shape index (κ2) is 5.07. The highest BCUT2D eigenvalue weighted by Gasteiger charge is 2.22. The Morgan fingerprint density at radius 2 is 2.00 bits per heavy atom. The first-order valence-electron chi connectivity index (χ1n) is 5.91. The summed E-state index contributed by atoms with van der Waals surface area (Å²) in [5, 5.41) is 4.39. The summed E-state index contributed by atoms with van der Waals surface area (Å²) in [5.41, 5.74) is 1.28. The molecule has 1 aromatic rings. The maximum atomic E-state index is 5.89.